The predicted octanol–water partition coefficient (Wildman–Crippen LogP) is 5.33. The third-order valence-electron chi connectivity index (χ3n) is 5.93. The standard InChI is InChI=1S/C25H32Cl2N4OS/c1-17(2)23(30-25(33)29-20-6-4-3-5-7-20)24(32)28-15-18-10-12-31(13-11-18)16-19-8-9-21(26)22(27)14-19/h3-9,14,17-18,23H,10-13,15-16H2,1-2H3,(H,28,32)(H2,29,30,33)/t23-/m0/s1. The van der Waals surface area contributed by atoms with Crippen molar-refractivity contribution < 1.29 is 4.79 Å². The molecule has 2 aromatic carbocycles. The zero-order chi connectivity index (χ0) is 23.8. The highest BCUT2D eigenvalue weighted by atomic mass is 35.5. The maximum absolute atomic E-state index is 12.9. The average Bonchev–Trinajstić information content (AvgIpc) is 2.80. The van der Waals surface area contributed by atoms with Gasteiger partial charge in [0, 0.05) is 18.8 Å². The molecule has 1 aliphatic heterocycles. The fourth-order valence-corrected chi connectivity index (χ4v) is 4.53. The molecule has 0 bridgehead atoms. The van der Waals surface area contributed by atoms with Gasteiger partial charge in [0.25, 0.3) is 0 Å². The number of nitrogens with zero attached hydrogens (tertiary/aromatic N) is 1. The van der Waals surface area contributed by atoms with Crippen molar-refractivity contribution in [3.05, 3.63) is 64.1 Å². The quantitative estimate of drug-likeness (QED) is 0.422. The number of carbonyl (C=O) groups is 1. The first-order valence-corrected chi connectivity index (χ1v) is 12.5. The fourth-order valence-electron chi connectivity index (χ4n) is 3.96. The minimum Gasteiger partial charge on any atom is -0.354 e. The number of nitrogens with one attached hydrogen (secondary N) is 3. The van der Waals surface area contributed by atoms with Crippen LogP contribution in [-0.4, -0.2) is 41.6 Å². The van der Waals surface area contributed by atoms with Crippen LogP contribution in [0.2, 0.25) is 10.0 Å². The van der Waals surface area contributed by atoms with Crippen LogP contribution in [0.4, 0.5) is 5.69 Å². The molecule has 0 unspecified atom stereocenters. The van der Waals surface area contributed by atoms with Crippen molar-refractivity contribution in [2.45, 2.75) is 39.3 Å². The number of likely N-dealkylation sites (tertiary alicyclic amines) is 1. The van der Waals surface area contributed by atoms with Crippen LogP contribution in [0.3, 0.4) is 0 Å². The van der Waals surface area contributed by atoms with Gasteiger partial charge in [-0.2, -0.15) is 0 Å². The van der Waals surface area contributed by atoms with Crippen LogP contribution in [0.15, 0.2) is 48.5 Å². The van der Waals surface area contributed by atoms with Gasteiger partial charge in [-0.25, -0.2) is 0 Å². The van der Waals surface area contributed by atoms with Gasteiger partial charge >= 0.3 is 0 Å². The third-order valence-corrected chi connectivity index (χ3v) is 6.89. The number of amides is 1. The topological polar surface area (TPSA) is 56.4 Å². The third kappa shape index (κ3) is 8.14. The van der Waals surface area contributed by atoms with Crippen molar-refractivity contribution in [2.24, 2.45) is 11.8 Å². The number of hydrogen-bond donors (Lipinski definition) is 3. The average molecular weight is 508 g/mol. The monoisotopic (exact) mass is 506 g/mol. The van der Waals surface area contributed by atoms with Gasteiger partial charge in [-0.15, -0.1) is 0 Å². The van der Waals surface area contributed by atoms with E-state index in [-0.39, 0.29) is 17.9 Å². The van der Waals surface area contributed by atoms with E-state index in [0.717, 1.165) is 38.2 Å². The summed E-state index contributed by atoms with van der Waals surface area (Å²) in [5.74, 6) is 0.565. The number of thiocarbonyl (C=S) groups is 1. The van der Waals surface area contributed by atoms with Crippen LogP contribution >= 0.6 is 35.4 Å². The number of para-hydroxylation sites is 1. The van der Waals surface area contributed by atoms with Crippen LogP contribution in [0, 0.1) is 11.8 Å². The predicted molar refractivity (Wildman–Crippen MR) is 142 cm³/mol. The second kappa shape index (κ2) is 12.6. The number of carbonyl (C=O) groups excluding carboxylic acids is 1. The lowest BCUT2D eigenvalue weighted by Crippen LogP contribution is -2.52. The van der Waals surface area contributed by atoms with Gasteiger partial charge in [0.2, 0.25) is 5.91 Å². The molecule has 8 heteroatoms. The molecule has 3 N–H and O–H groups in total. The molecule has 1 saturated heterocycles. The highest BCUT2D eigenvalue weighted by Crippen LogP contribution is 2.24. The van der Waals surface area contributed by atoms with E-state index in [4.69, 9.17) is 35.4 Å². The summed E-state index contributed by atoms with van der Waals surface area (Å²) in [5.41, 5.74) is 2.06. The molecule has 33 heavy (non-hydrogen) atoms. The van der Waals surface area contributed by atoms with Crippen molar-refractivity contribution in [3.8, 4) is 0 Å². The van der Waals surface area contributed by atoms with Crippen molar-refractivity contribution in [2.75, 3.05) is 25.0 Å². The Bertz CT molecular complexity index is 933. The minimum atomic E-state index is -0.386. The molecule has 5 nitrogen and oxygen atoms in total. The number of benzene rings is 2. The summed E-state index contributed by atoms with van der Waals surface area (Å²) < 4.78 is 0. The largest absolute Gasteiger partial charge is 0.354 e. The second-order valence-corrected chi connectivity index (χ2v) is 10.1. The second-order valence-electron chi connectivity index (χ2n) is 8.90. The fraction of sp³-hybridized carbons (Fsp3) is 0.440. The molecule has 0 spiro atoms. The molecule has 2 aromatic rings. The molecule has 0 aliphatic carbocycles. The Hall–Kier alpha value is -1.86. The van der Waals surface area contributed by atoms with E-state index in [2.05, 4.69) is 20.9 Å². The van der Waals surface area contributed by atoms with Crippen LogP contribution < -0.4 is 16.0 Å². The summed E-state index contributed by atoms with van der Waals surface area (Å²) >= 11 is 17.6. The Balaban J connectivity index is 1.42. The van der Waals surface area contributed by atoms with Crippen LogP contribution in [0.25, 0.3) is 0 Å². The van der Waals surface area contributed by atoms with Gasteiger partial charge in [0.15, 0.2) is 5.11 Å². The molecular formula is C25H32Cl2N4OS. The van der Waals surface area contributed by atoms with E-state index >= 15 is 0 Å². The van der Waals surface area contributed by atoms with E-state index in [9.17, 15) is 4.79 Å². The van der Waals surface area contributed by atoms with Crippen LogP contribution in [-0.2, 0) is 11.3 Å². The summed E-state index contributed by atoms with van der Waals surface area (Å²) in [4.78, 5) is 15.3. The summed E-state index contributed by atoms with van der Waals surface area (Å²) in [6, 6.07) is 15.1. The first-order valence-electron chi connectivity index (χ1n) is 11.4. The molecule has 1 aliphatic rings. The Kier molecular flexibility index (Phi) is 9.80. The Morgan fingerprint density at radius 3 is 2.42 bits per heavy atom. The van der Waals surface area contributed by atoms with Crippen molar-refractivity contribution in [3.63, 3.8) is 0 Å². The van der Waals surface area contributed by atoms with E-state index < -0.39 is 0 Å². The van der Waals surface area contributed by atoms with Gasteiger partial charge in [-0.1, -0.05) is 61.3 Å². The summed E-state index contributed by atoms with van der Waals surface area (Å²) in [6.07, 6.45) is 2.10. The van der Waals surface area contributed by atoms with E-state index in [1.54, 1.807) is 0 Å². The number of piperidine rings is 1. The molecule has 0 aromatic heterocycles. The zero-order valence-corrected chi connectivity index (χ0v) is 21.4. The number of rotatable bonds is 8. The first kappa shape index (κ1) is 25.8. The SMILES string of the molecule is CC(C)[C@H](NC(=S)Nc1ccccc1)C(=O)NCC1CCN(Cc2ccc(Cl)c(Cl)c2)CC1. The molecule has 1 heterocycles. The van der Waals surface area contributed by atoms with Crippen LogP contribution in [0.1, 0.15) is 32.3 Å². The first-order chi connectivity index (χ1) is 15.8. The number of halogens is 2. The van der Waals surface area contributed by atoms with E-state index in [1.165, 1.54) is 5.56 Å². The van der Waals surface area contributed by atoms with E-state index in [0.29, 0.717) is 27.6 Å². The molecule has 1 amide bonds. The normalized spacial score (nSPS) is 15.8. The lowest BCUT2D eigenvalue weighted by molar-refractivity contribution is -0.124. The van der Waals surface area contributed by atoms with Crippen molar-refractivity contribution in [1.82, 2.24) is 15.5 Å². The maximum atomic E-state index is 12.9. The minimum absolute atomic E-state index is 0.0135. The summed E-state index contributed by atoms with van der Waals surface area (Å²) in [6.45, 7) is 7.58. The molecule has 3 rings (SSSR count). The smallest absolute Gasteiger partial charge is 0.242 e. The molecule has 0 saturated carbocycles. The molecule has 178 valence electrons. The highest BCUT2D eigenvalue weighted by molar-refractivity contribution is 7.80. The Labute approximate surface area is 212 Å². The Morgan fingerprint density at radius 1 is 1.09 bits per heavy atom. The number of hydrogen-bond acceptors (Lipinski definition) is 3. The van der Waals surface area contributed by atoms with E-state index in [1.807, 2.05) is 62.4 Å². The highest BCUT2D eigenvalue weighted by Gasteiger charge is 2.25. The lowest BCUT2D eigenvalue weighted by atomic mass is 9.96. The van der Waals surface area contributed by atoms with Gasteiger partial charge < -0.3 is 16.0 Å². The molecule has 1 atom stereocenters. The number of anilines is 1. The van der Waals surface area contributed by atoms with Crippen molar-refractivity contribution in [1.29, 1.82) is 0 Å². The van der Waals surface area contributed by atoms with Gasteiger partial charge in [-0.05, 0) is 79.8 Å². The van der Waals surface area contributed by atoms with Gasteiger partial charge in [0.05, 0.1) is 10.0 Å². The van der Waals surface area contributed by atoms with Crippen LogP contribution in [0.5, 0.6) is 0 Å². The maximum Gasteiger partial charge on any atom is 0.242 e. The lowest BCUT2D eigenvalue weighted by Gasteiger charge is -2.32. The molecule has 0 radical (unpaired) electrons. The van der Waals surface area contributed by atoms with Crippen molar-refractivity contribution >= 4 is 52.1 Å². The summed E-state index contributed by atoms with van der Waals surface area (Å²) in [7, 11) is 0. The molecule has 1 fully saturated rings. The Morgan fingerprint density at radius 2 is 1.79 bits per heavy atom. The summed E-state index contributed by atoms with van der Waals surface area (Å²) in [5, 5.41) is 11.1. The molecular weight excluding hydrogens is 475 g/mol. The van der Waals surface area contributed by atoms with Gasteiger partial charge in [0.1, 0.15) is 6.04 Å². The zero-order valence-electron chi connectivity index (χ0n) is 19.1. The van der Waals surface area contributed by atoms with Gasteiger partial charge in [-0.3, -0.25) is 9.69 Å².